The van der Waals surface area contributed by atoms with Crippen molar-refractivity contribution in [2.75, 3.05) is 13.2 Å². The third-order valence-corrected chi connectivity index (χ3v) is 3.05. The van der Waals surface area contributed by atoms with Crippen LogP contribution in [0.15, 0.2) is 35.5 Å². The summed E-state index contributed by atoms with van der Waals surface area (Å²) in [4.78, 5) is 24.0. The largest absolute Gasteiger partial charge is 0.458 e. The monoisotopic (exact) mass is 278 g/mol. The molecule has 0 aromatic carbocycles. The van der Waals surface area contributed by atoms with E-state index in [0.717, 1.165) is 12.8 Å². The molecule has 0 unspecified atom stereocenters. The molecular weight excluding hydrogens is 256 g/mol. The van der Waals surface area contributed by atoms with Gasteiger partial charge in [-0.3, -0.25) is 0 Å². The summed E-state index contributed by atoms with van der Waals surface area (Å²) in [6.45, 7) is 4.19. The molecule has 1 aliphatic rings. The van der Waals surface area contributed by atoms with Crippen molar-refractivity contribution in [2.24, 2.45) is 0 Å². The summed E-state index contributed by atoms with van der Waals surface area (Å²) in [5, 5.41) is 0. The second-order valence-corrected chi connectivity index (χ2v) is 4.50. The number of carbonyl (C=O) groups is 2. The molecule has 0 amide bonds. The molecule has 0 radical (unpaired) electrons. The minimum atomic E-state index is -0.402. The number of allylic oxidation sites excluding steroid dienone is 2. The first-order valence-corrected chi connectivity index (χ1v) is 6.99. The predicted octanol–water partition coefficient (Wildman–Crippen LogP) is 3.10. The third kappa shape index (κ3) is 5.03. The lowest BCUT2D eigenvalue weighted by Crippen LogP contribution is -2.19. The molecule has 0 fully saturated rings. The van der Waals surface area contributed by atoms with E-state index < -0.39 is 11.9 Å². The second-order valence-electron chi connectivity index (χ2n) is 4.50. The van der Waals surface area contributed by atoms with Crippen molar-refractivity contribution in [1.82, 2.24) is 0 Å². The normalized spacial score (nSPS) is 15.9. The Morgan fingerprint density at radius 2 is 1.30 bits per heavy atom. The lowest BCUT2D eigenvalue weighted by Gasteiger charge is -2.17. The highest BCUT2D eigenvalue weighted by molar-refractivity contribution is 6.00. The molecule has 4 heteroatoms. The van der Waals surface area contributed by atoms with Crippen LogP contribution < -0.4 is 0 Å². The Morgan fingerprint density at radius 3 is 1.65 bits per heavy atom. The van der Waals surface area contributed by atoms with Crippen LogP contribution in [-0.2, 0) is 19.1 Å². The predicted molar refractivity (Wildman–Crippen MR) is 77.0 cm³/mol. The summed E-state index contributed by atoms with van der Waals surface area (Å²) in [7, 11) is 0. The highest BCUT2D eigenvalue weighted by atomic mass is 16.5. The van der Waals surface area contributed by atoms with Gasteiger partial charge in [-0.05, 0) is 39.5 Å². The molecule has 1 rings (SSSR count). The molecular formula is C16H22O4. The molecule has 0 saturated carbocycles. The third-order valence-electron chi connectivity index (χ3n) is 3.05. The molecule has 0 aliphatic heterocycles. The van der Waals surface area contributed by atoms with Crippen LogP contribution in [0.1, 0.15) is 39.5 Å². The van der Waals surface area contributed by atoms with Crippen LogP contribution in [0.5, 0.6) is 0 Å². The van der Waals surface area contributed by atoms with Crippen molar-refractivity contribution < 1.29 is 19.1 Å². The van der Waals surface area contributed by atoms with E-state index in [-0.39, 0.29) is 13.2 Å². The lowest BCUT2D eigenvalue weighted by molar-refractivity contribution is -0.141. The topological polar surface area (TPSA) is 52.6 Å². The first-order chi connectivity index (χ1) is 9.70. The molecule has 1 aliphatic carbocycles. The fourth-order valence-electron chi connectivity index (χ4n) is 1.97. The minimum absolute atomic E-state index is 0.236. The minimum Gasteiger partial charge on any atom is -0.458 e. The van der Waals surface area contributed by atoms with Gasteiger partial charge >= 0.3 is 11.9 Å². The van der Waals surface area contributed by atoms with Gasteiger partial charge in [0, 0.05) is 11.1 Å². The van der Waals surface area contributed by atoms with Gasteiger partial charge in [0.2, 0.25) is 0 Å². The molecule has 110 valence electrons. The van der Waals surface area contributed by atoms with Crippen LogP contribution in [0.4, 0.5) is 0 Å². The van der Waals surface area contributed by atoms with Gasteiger partial charge in [0.15, 0.2) is 0 Å². The number of hydrogen-bond donors (Lipinski definition) is 0. The van der Waals surface area contributed by atoms with Gasteiger partial charge in [-0.1, -0.05) is 24.3 Å². The Morgan fingerprint density at radius 1 is 0.900 bits per heavy atom. The lowest BCUT2D eigenvalue weighted by atomic mass is 9.92. The smallest absolute Gasteiger partial charge is 0.334 e. The SMILES string of the molecule is C/C=C/COC(=O)C1=C(C(=O)OC/C=C/C)CCCC1. The van der Waals surface area contributed by atoms with E-state index in [0.29, 0.717) is 24.0 Å². The van der Waals surface area contributed by atoms with Crippen LogP contribution in [0, 0.1) is 0 Å². The summed E-state index contributed by atoms with van der Waals surface area (Å²) < 4.78 is 10.2. The van der Waals surface area contributed by atoms with Crippen molar-refractivity contribution in [3.8, 4) is 0 Å². The Balaban J connectivity index is 2.74. The van der Waals surface area contributed by atoms with E-state index in [2.05, 4.69) is 0 Å². The molecule has 0 aromatic rings. The van der Waals surface area contributed by atoms with Crippen molar-refractivity contribution >= 4 is 11.9 Å². The highest BCUT2D eigenvalue weighted by Crippen LogP contribution is 2.26. The first kappa shape index (κ1) is 16.2. The van der Waals surface area contributed by atoms with Gasteiger partial charge in [-0.15, -0.1) is 0 Å². The first-order valence-electron chi connectivity index (χ1n) is 6.99. The zero-order valence-corrected chi connectivity index (χ0v) is 12.2. The van der Waals surface area contributed by atoms with Crippen LogP contribution in [0.3, 0.4) is 0 Å². The summed E-state index contributed by atoms with van der Waals surface area (Å²) in [6, 6.07) is 0. The maximum absolute atomic E-state index is 12.0. The molecule has 0 spiro atoms. The Hall–Kier alpha value is -1.84. The van der Waals surface area contributed by atoms with Crippen LogP contribution >= 0.6 is 0 Å². The number of carbonyl (C=O) groups excluding carboxylic acids is 2. The van der Waals surface area contributed by atoms with E-state index in [1.165, 1.54) is 0 Å². The molecule has 0 aromatic heterocycles. The maximum Gasteiger partial charge on any atom is 0.334 e. The van der Waals surface area contributed by atoms with E-state index >= 15 is 0 Å². The zero-order valence-electron chi connectivity index (χ0n) is 12.2. The summed E-state index contributed by atoms with van der Waals surface area (Å²) in [5.41, 5.74) is 0.956. The van der Waals surface area contributed by atoms with E-state index in [1.54, 1.807) is 12.2 Å². The van der Waals surface area contributed by atoms with Crippen LogP contribution in [-0.4, -0.2) is 25.2 Å². The van der Waals surface area contributed by atoms with Gasteiger partial charge < -0.3 is 9.47 Å². The van der Waals surface area contributed by atoms with Gasteiger partial charge in [0.05, 0.1) is 0 Å². The Labute approximate surface area is 120 Å². The molecule has 20 heavy (non-hydrogen) atoms. The van der Waals surface area contributed by atoms with Gasteiger partial charge in [-0.25, -0.2) is 9.59 Å². The number of ether oxygens (including phenoxy) is 2. The maximum atomic E-state index is 12.0. The molecule has 0 atom stereocenters. The summed E-state index contributed by atoms with van der Waals surface area (Å²) >= 11 is 0. The van der Waals surface area contributed by atoms with Gasteiger partial charge in [0.1, 0.15) is 13.2 Å². The Bertz CT molecular complexity index is 390. The Kier molecular flexibility index (Phi) is 7.40. The fourth-order valence-corrected chi connectivity index (χ4v) is 1.97. The number of esters is 2. The van der Waals surface area contributed by atoms with Gasteiger partial charge in [0.25, 0.3) is 0 Å². The van der Waals surface area contributed by atoms with Crippen molar-refractivity contribution in [3.63, 3.8) is 0 Å². The van der Waals surface area contributed by atoms with E-state index in [9.17, 15) is 9.59 Å². The number of rotatable bonds is 6. The fraction of sp³-hybridized carbons (Fsp3) is 0.500. The van der Waals surface area contributed by atoms with Gasteiger partial charge in [-0.2, -0.15) is 0 Å². The standard InChI is InChI=1S/C16H22O4/c1-3-5-11-19-15(17)13-9-7-8-10-14(13)16(18)20-12-6-4-2/h3-6H,7-12H2,1-2H3/b5-3+,6-4+. The molecule has 4 nitrogen and oxygen atoms in total. The molecule has 0 N–H and O–H groups in total. The molecule has 0 bridgehead atoms. The van der Waals surface area contributed by atoms with E-state index in [4.69, 9.17) is 9.47 Å². The van der Waals surface area contributed by atoms with Crippen LogP contribution in [0.2, 0.25) is 0 Å². The van der Waals surface area contributed by atoms with Crippen LogP contribution in [0.25, 0.3) is 0 Å². The number of hydrogen-bond acceptors (Lipinski definition) is 4. The molecule has 0 saturated heterocycles. The average molecular weight is 278 g/mol. The zero-order chi connectivity index (χ0) is 14.8. The molecule has 0 heterocycles. The second kappa shape index (κ2) is 9.13. The van der Waals surface area contributed by atoms with Crippen molar-refractivity contribution in [3.05, 3.63) is 35.5 Å². The van der Waals surface area contributed by atoms with E-state index in [1.807, 2.05) is 26.0 Å². The van der Waals surface area contributed by atoms with Crippen molar-refractivity contribution in [1.29, 1.82) is 0 Å². The average Bonchev–Trinajstić information content (AvgIpc) is 2.47. The summed E-state index contributed by atoms with van der Waals surface area (Å²) in [6.07, 6.45) is 10.1. The summed E-state index contributed by atoms with van der Waals surface area (Å²) in [5.74, 6) is -0.804. The highest BCUT2D eigenvalue weighted by Gasteiger charge is 2.25. The van der Waals surface area contributed by atoms with Crippen molar-refractivity contribution in [2.45, 2.75) is 39.5 Å². The quantitative estimate of drug-likeness (QED) is 0.553.